The molecule has 0 aliphatic carbocycles. The number of aliphatic hydroxyl groups is 1. The summed E-state index contributed by atoms with van der Waals surface area (Å²) in [5.41, 5.74) is 5.66. The quantitative estimate of drug-likeness (QED) is 0.437. The molecule has 1 aliphatic rings. The van der Waals surface area contributed by atoms with Gasteiger partial charge in [0.1, 0.15) is 6.10 Å². The molecule has 1 fully saturated rings. The number of aromatic nitrogens is 2. The summed E-state index contributed by atoms with van der Waals surface area (Å²) < 4.78 is 11.6. The summed E-state index contributed by atoms with van der Waals surface area (Å²) in [4.78, 5) is 8.02. The summed E-state index contributed by atoms with van der Waals surface area (Å²) in [6.07, 6.45) is 1.50. The zero-order valence-corrected chi connectivity index (χ0v) is 17.7. The molecule has 1 aliphatic heterocycles. The van der Waals surface area contributed by atoms with Crippen molar-refractivity contribution < 1.29 is 14.6 Å². The van der Waals surface area contributed by atoms with Crippen molar-refractivity contribution >= 4 is 22.6 Å². The van der Waals surface area contributed by atoms with Crippen molar-refractivity contribution in [3.63, 3.8) is 0 Å². The normalized spacial score (nSPS) is 18.9. The van der Waals surface area contributed by atoms with Crippen LogP contribution in [-0.2, 0) is 4.74 Å². The maximum absolute atomic E-state index is 9.19. The number of aliphatic hydroxyl groups excluding tert-OH is 1. The van der Waals surface area contributed by atoms with E-state index in [1.807, 2.05) is 42.5 Å². The SMILES string of the molecule is OC[C@@H]1CC[C@@H](Oc2cc3nc(-c4ccc(-c5ccccc5)cc4)c(Cl)cc3[nH]2)CO1. The molecule has 0 radical (unpaired) electrons. The Hall–Kier alpha value is -2.86. The van der Waals surface area contributed by atoms with Gasteiger partial charge in [0.05, 0.1) is 41.1 Å². The molecule has 2 N–H and O–H groups in total. The number of fused-ring (bicyclic) bond motifs is 1. The van der Waals surface area contributed by atoms with Crippen molar-refractivity contribution in [2.24, 2.45) is 0 Å². The molecule has 2 aromatic carbocycles. The van der Waals surface area contributed by atoms with E-state index in [4.69, 9.17) is 26.1 Å². The lowest BCUT2D eigenvalue weighted by Gasteiger charge is -2.27. The minimum atomic E-state index is -0.0844. The fourth-order valence-corrected chi connectivity index (χ4v) is 4.18. The molecule has 0 saturated carbocycles. The average Bonchev–Trinajstić information content (AvgIpc) is 3.20. The molecule has 6 heteroatoms. The summed E-state index contributed by atoms with van der Waals surface area (Å²) in [6, 6.07) is 22.3. The minimum absolute atomic E-state index is 0.0451. The molecule has 5 nitrogen and oxygen atoms in total. The second kappa shape index (κ2) is 8.71. The number of hydrogen-bond acceptors (Lipinski definition) is 4. The predicted octanol–water partition coefficient (Wildman–Crippen LogP) is 5.47. The van der Waals surface area contributed by atoms with Gasteiger partial charge < -0.3 is 19.6 Å². The van der Waals surface area contributed by atoms with Crippen LogP contribution < -0.4 is 4.74 Å². The number of hydrogen-bond donors (Lipinski definition) is 2. The van der Waals surface area contributed by atoms with E-state index < -0.39 is 0 Å². The van der Waals surface area contributed by atoms with Crippen LogP contribution in [0, 0.1) is 0 Å². The summed E-state index contributed by atoms with van der Waals surface area (Å²) in [6.45, 7) is 0.518. The van der Waals surface area contributed by atoms with E-state index in [1.165, 1.54) is 5.56 Å². The van der Waals surface area contributed by atoms with E-state index in [0.717, 1.165) is 40.7 Å². The van der Waals surface area contributed by atoms with Gasteiger partial charge in [0.15, 0.2) is 5.88 Å². The molecule has 2 atom stereocenters. The lowest BCUT2D eigenvalue weighted by atomic mass is 10.0. The second-order valence-electron chi connectivity index (χ2n) is 7.78. The molecule has 0 spiro atoms. The largest absolute Gasteiger partial charge is 0.473 e. The standard InChI is InChI=1S/C25H23ClN2O3/c26-21-12-22-23(13-24(27-22)31-20-11-10-19(14-29)30-15-20)28-25(21)18-8-6-17(7-9-18)16-4-2-1-3-5-16/h1-9,12-13,19-20,27,29H,10-11,14-15H2/t19-,20+/m0/s1. The summed E-state index contributed by atoms with van der Waals surface area (Å²) in [5, 5.41) is 9.77. The van der Waals surface area contributed by atoms with Crippen molar-refractivity contribution in [1.29, 1.82) is 0 Å². The predicted molar refractivity (Wildman–Crippen MR) is 122 cm³/mol. The zero-order valence-electron chi connectivity index (χ0n) is 16.9. The maximum Gasteiger partial charge on any atom is 0.193 e. The monoisotopic (exact) mass is 434 g/mol. The average molecular weight is 435 g/mol. The first-order valence-electron chi connectivity index (χ1n) is 10.4. The molecule has 31 heavy (non-hydrogen) atoms. The highest BCUT2D eigenvalue weighted by molar-refractivity contribution is 6.33. The Morgan fingerprint density at radius 2 is 1.74 bits per heavy atom. The van der Waals surface area contributed by atoms with Crippen LogP contribution in [0.5, 0.6) is 5.88 Å². The molecule has 0 unspecified atom stereocenters. The molecule has 2 aromatic heterocycles. The summed E-state index contributed by atoms with van der Waals surface area (Å²) >= 11 is 6.56. The fraction of sp³-hybridized carbons (Fsp3) is 0.240. The lowest BCUT2D eigenvalue weighted by Crippen LogP contribution is -2.35. The van der Waals surface area contributed by atoms with Gasteiger partial charge in [-0.2, -0.15) is 0 Å². The van der Waals surface area contributed by atoms with E-state index in [0.29, 0.717) is 17.5 Å². The lowest BCUT2D eigenvalue weighted by molar-refractivity contribution is -0.0663. The van der Waals surface area contributed by atoms with Gasteiger partial charge in [-0.05, 0) is 30.0 Å². The van der Waals surface area contributed by atoms with Crippen LogP contribution in [0.25, 0.3) is 33.4 Å². The highest BCUT2D eigenvalue weighted by Crippen LogP contribution is 2.32. The number of benzene rings is 2. The van der Waals surface area contributed by atoms with Gasteiger partial charge in [0.25, 0.3) is 0 Å². The third-order valence-corrected chi connectivity index (χ3v) is 5.91. The molecule has 5 rings (SSSR count). The number of nitrogens with one attached hydrogen (secondary N) is 1. The summed E-state index contributed by atoms with van der Waals surface area (Å²) in [7, 11) is 0. The van der Waals surface area contributed by atoms with Crippen molar-refractivity contribution in [3.05, 3.63) is 71.8 Å². The molecule has 3 heterocycles. The Kier molecular flexibility index (Phi) is 5.64. The van der Waals surface area contributed by atoms with Crippen LogP contribution >= 0.6 is 11.6 Å². The number of ether oxygens (including phenoxy) is 2. The molecule has 4 aromatic rings. The first-order valence-corrected chi connectivity index (χ1v) is 10.8. The number of nitrogens with zero attached hydrogens (tertiary/aromatic N) is 1. The Morgan fingerprint density at radius 1 is 1.00 bits per heavy atom. The van der Waals surface area contributed by atoms with Gasteiger partial charge in [0, 0.05) is 11.6 Å². The highest BCUT2D eigenvalue weighted by Gasteiger charge is 2.23. The third-order valence-electron chi connectivity index (χ3n) is 5.62. The van der Waals surface area contributed by atoms with E-state index in [9.17, 15) is 5.11 Å². The Labute approximate surface area is 185 Å². The van der Waals surface area contributed by atoms with Gasteiger partial charge in [-0.1, -0.05) is 66.2 Å². The number of H-pyrrole nitrogens is 1. The topological polar surface area (TPSA) is 67.4 Å². The molecule has 1 saturated heterocycles. The molecular weight excluding hydrogens is 412 g/mol. The molecule has 0 amide bonds. The smallest absolute Gasteiger partial charge is 0.193 e. The van der Waals surface area contributed by atoms with Crippen molar-refractivity contribution in [3.8, 4) is 28.3 Å². The fourth-order valence-electron chi connectivity index (χ4n) is 3.92. The van der Waals surface area contributed by atoms with Crippen LogP contribution in [0.1, 0.15) is 12.8 Å². The maximum atomic E-state index is 9.19. The van der Waals surface area contributed by atoms with Crippen molar-refractivity contribution in [2.45, 2.75) is 25.0 Å². The number of pyridine rings is 1. The van der Waals surface area contributed by atoms with Crippen LogP contribution in [0.15, 0.2) is 66.7 Å². The van der Waals surface area contributed by atoms with Gasteiger partial charge in [-0.25, -0.2) is 4.98 Å². The van der Waals surface area contributed by atoms with Crippen molar-refractivity contribution in [1.82, 2.24) is 9.97 Å². The minimum Gasteiger partial charge on any atom is -0.473 e. The van der Waals surface area contributed by atoms with Crippen LogP contribution in [0.4, 0.5) is 0 Å². The Balaban J connectivity index is 1.37. The van der Waals surface area contributed by atoms with Crippen LogP contribution in [-0.4, -0.2) is 40.5 Å². The van der Waals surface area contributed by atoms with Gasteiger partial charge in [-0.15, -0.1) is 0 Å². The Morgan fingerprint density at radius 3 is 2.45 bits per heavy atom. The zero-order chi connectivity index (χ0) is 21.2. The van der Waals surface area contributed by atoms with Crippen LogP contribution in [0.2, 0.25) is 5.02 Å². The number of aromatic amines is 1. The van der Waals surface area contributed by atoms with E-state index in [-0.39, 0.29) is 18.8 Å². The highest BCUT2D eigenvalue weighted by atomic mass is 35.5. The molecular formula is C25H23ClN2O3. The van der Waals surface area contributed by atoms with Crippen LogP contribution in [0.3, 0.4) is 0 Å². The van der Waals surface area contributed by atoms with E-state index in [1.54, 1.807) is 0 Å². The molecule has 0 bridgehead atoms. The first kappa shape index (κ1) is 20.1. The first-order chi connectivity index (χ1) is 15.2. The number of rotatable bonds is 5. The van der Waals surface area contributed by atoms with Gasteiger partial charge in [0.2, 0.25) is 0 Å². The third kappa shape index (κ3) is 4.30. The molecule has 158 valence electrons. The van der Waals surface area contributed by atoms with Gasteiger partial charge >= 0.3 is 0 Å². The number of halogens is 1. The van der Waals surface area contributed by atoms with E-state index in [2.05, 4.69) is 29.2 Å². The summed E-state index contributed by atoms with van der Waals surface area (Å²) in [5.74, 6) is 0.645. The second-order valence-corrected chi connectivity index (χ2v) is 8.19. The Bertz CT molecular complexity index is 1170. The van der Waals surface area contributed by atoms with E-state index >= 15 is 0 Å². The van der Waals surface area contributed by atoms with Crippen molar-refractivity contribution in [2.75, 3.05) is 13.2 Å². The van der Waals surface area contributed by atoms with Gasteiger partial charge in [-0.3, -0.25) is 0 Å².